The summed E-state index contributed by atoms with van der Waals surface area (Å²) in [6.07, 6.45) is 3.92. The van der Waals surface area contributed by atoms with E-state index in [-0.39, 0.29) is 17.9 Å². The first-order valence-electron chi connectivity index (χ1n) is 11.1. The van der Waals surface area contributed by atoms with Gasteiger partial charge in [0, 0.05) is 19.5 Å². The van der Waals surface area contributed by atoms with Crippen LogP contribution < -0.4 is 10.3 Å². The standard InChI is InChI=1S/C27H29N3O2/c1-29(19-18-22-17-16-21-10-8-9-15-25(21)26(22)20-31)28-27(32)30(23-11-4-2-5-12-23)24-13-6-3-7-14-24/h2-15,20,22,26H,16-19H2,1H3,(H,28,32). The molecule has 1 aliphatic carbocycles. The maximum absolute atomic E-state index is 13.2. The highest BCUT2D eigenvalue weighted by molar-refractivity contribution is 5.99. The van der Waals surface area contributed by atoms with Crippen molar-refractivity contribution >= 4 is 23.7 Å². The molecule has 0 bridgehead atoms. The molecule has 0 spiro atoms. The Balaban J connectivity index is 1.41. The summed E-state index contributed by atoms with van der Waals surface area (Å²) in [4.78, 5) is 26.7. The van der Waals surface area contributed by atoms with E-state index in [1.165, 1.54) is 5.56 Å². The van der Waals surface area contributed by atoms with Crippen LogP contribution >= 0.6 is 0 Å². The molecule has 2 amide bonds. The summed E-state index contributed by atoms with van der Waals surface area (Å²) in [6.45, 7) is 0.667. The minimum atomic E-state index is -0.217. The van der Waals surface area contributed by atoms with Crippen molar-refractivity contribution in [1.82, 2.24) is 10.4 Å². The predicted molar refractivity (Wildman–Crippen MR) is 128 cm³/mol. The van der Waals surface area contributed by atoms with Crippen molar-refractivity contribution in [1.29, 1.82) is 0 Å². The third-order valence-corrected chi connectivity index (χ3v) is 6.21. The summed E-state index contributed by atoms with van der Waals surface area (Å²) in [7, 11) is 1.87. The lowest BCUT2D eigenvalue weighted by molar-refractivity contribution is -0.110. The van der Waals surface area contributed by atoms with Crippen LogP contribution in [0, 0.1) is 5.92 Å². The molecule has 5 heteroatoms. The number of benzene rings is 3. The molecule has 0 radical (unpaired) electrons. The van der Waals surface area contributed by atoms with Crippen LogP contribution in [0.3, 0.4) is 0 Å². The number of hydrazine groups is 1. The molecule has 5 nitrogen and oxygen atoms in total. The second kappa shape index (κ2) is 10.2. The molecule has 2 atom stereocenters. The van der Waals surface area contributed by atoms with Gasteiger partial charge in [-0.3, -0.25) is 10.3 Å². The molecular weight excluding hydrogens is 398 g/mol. The van der Waals surface area contributed by atoms with Crippen molar-refractivity contribution in [3.8, 4) is 0 Å². The van der Waals surface area contributed by atoms with Gasteiger partial charge in [-0.15, -0.1) is 0 Å². The molecule has 164 valence electrons. The molecule has 3 aromatic rings. The van der Waals surface area contributed by atoms with Crippen LogP contribution in [0.5, 0.6) is 0 Å². The smallest absolute Gasteiger partial charge is 0.303 e. The minimum absolute atomic E-state index is 0.0748. The SMILES string of the molecule is CN(CCC1CCc2ccccc2C1C=O)NC(=O)N(c1ccccc1)c1ccccc1. The van der Waals surface area contributed by atoms with E-state index in [1.807, 2.05) is 84.9 Å². The van der Waals surface area contributed by atoms with Crippen molar-refractivity contribution in [2.75, 3.05) is 18.5 Å². The zero-order valence-electron chi connectivity index (χ0n) is 18.4. The first-order valence-corrected chi connectivity index (χ1v) is 11.1. The number of fused-ring (bicyclic) bond motifs is 1. The molecule has 1 aliphatic rings. The lowest BCUT2D eigenvalue weighted by Crippen LogP contribution is -2.46. The summed E-state index contributed by atoms with van der Waals surface area (Å²) < 4.78 is 0. The third-order valence-electron chi connectivity index (χ3n) is 6.21. The van der Waals surface area contributed by atoms with Gasteiger partial charge in [-0.1, -0.05) is 60.7 Å². The highest BCUT2D eigenvalue weighted by Gasteiger charge is 2.29. The normalized spacial score (nSPS) is 17.4. The minimum Gasteiger partial charge on any atom is -0.303 e. The second-order valence-electron chi connectivity index (χ2n) is 8.29. The van der Waals surface area contributed by atoms with E-state index in [0.29, 0.717) is 6.54 Å². The number of hydrogen-bond donors (Lipinski definition) is 1. The first kappa shape index (κ1) is 21.8. The summed E-state index contributed by atoms with van der Waals surface area (Å²) in [5.74, 6) is 0.204. The average Bonchev–Trinajstić information content (AvgIpc) is 2.83. The van der Waals surface area contributed by atoms with Crippen LogP contribution in [-0.2, 0) is 11.2 Å². The van der Waals surface area contributed by atoms with Gasteiger partial charge < -0.3 is 4.79 Å². The number of carbonyl (C=O) groups excluding carboxylic acids is 2. The Morgan fingerprint density at radius 2 is 1.53 bits per heavy atom. The van der Waals surface area contributed by atoms with E-state index in [1.54, 1.807) is 4.90 Å². The van der Waals surface area contributed by atoms with Gasteiger partial charge in [-0.2, -0.15) is 0 Å². The molecule has 0 saturated carbocycles. The summed E-state index contributed by atoms with van der Waals surface area (Å²) >= 11 is 0. The Morgan fingerprint density at radius 3 is 2.16 bits per heavy atom. The number of carbonyl (C=O) groups is 2. The summed E-state index contributed by atoms with van der Waals surface area (Å²) in [5, 5.41) is 1.82. The lowest BCUT2D eigenvalue weighted by Gasteiger charge is -2.32. The molecular formula is C27H29N3O2. The van der Waals surface area contributed by atoms with Gasteiger partial charge >= 0.3 is 6.03 Å². The number of nitrogens with zero attached hydrogens (tertiary/aromatic N) is 2. The Morgan fingerprint density at radius 1 is 0.938 bits per heavy atom. The number of para-hydroxylation sites is 2. The number of hydrogen-bond acceptors (Lipinski definition) is 3. The van der Waals surface area contributed by atoms with Crippen molar-refractivity contribution in [2.24, 2.45) is 5.92 Å². The van der Waals surface area contributed by atoms with Crippen LogP contribution in [0.1, 0.15) is 29.9 Å². The highest BCUT2D eigenvalue weighted by atomic mass is 16.2. The van der Waals surface area contributed by atoms with Crippen LogP contribution in [0.4, 0.5) is 16.2 Å². The molecule has 0 aromatic heterocycles. The van der Waals surface area contributed by atoms with E-state index in [9.17, 15) is 9.59 Å². The number of rotatable bonds is 7. The summed E-state index contributed by atoms with van der Waals surface area (Å²) in [6, 6.07) is 27.2. The van der Waals surface area contributed by atoms with Gasteiger partial charge in [-0.25, -0.2) is 9.80 Å². The second-order valence-corrected chi connectivity index (χ2v) is 8.29. The van der Waals surface area contributed by atoms with E-state index >= 15 is 0 Å². The number of amides is 2. The van der Waals surface area contributed by atoms with Gasteiger partial charge in [0.1, 0.15) is 6.29 Å². The van der Waals surface area contributed by atoms with Crippen molar-refractivity contribution in [2.45, 2.75) is 25.2 Å². The Kier molecular flexibility index (Phi) is 6.97. The topological polar surface area (TPSA) is 52.7 Å². The lowest BCUT2D eigenvalue weighted by atomic mass is 9.74. The van der Waals surface area contributed by atoms with Crippen molar-refractivity contribution in [3.05, 3.63) is 96.1 Å². The molecule has 0 fully saturated rings. The van der Waals surface area contributed by atoms with Gasteiger partial charge in [0.2, 0.25) is 0 Å². The van der Waals surface area contributed by atoms with E-state index in [0.717, 1.165) is 42.5 Å². The van der Waals surface area contributed by atoms with Crippen LogP contribution in [0.25, 0.3) is 0 Å². The third kappa shape index (κ3) is 4.89. The Labute approximate surface area is 189 Å². The van der Waals surface area contributed by atoms with E-state index < -0.39 is 0 Å². The van der Waals surface area contributed by atoms with Crippen molar-refractivity contribution < 1.29 is 9.59 Å². The Bertz CT molecular complexity index is 1000. The first-order chi connectivity index (χ1) is 15.7. The molecule has 0 aliphatic heterocycles. The molecule has 1 N–H and O–H groups in total. The van der Waals surface area contributed by atoms with Crippen LogP contribution in [0.15, 0.2) is 84.9 Å². The van der Waals surface area contributed by atoms with Crippen molar-refractivity contribution in [3.63, 3.8) is 0 Å². The molecule has 2 unspecified atom stereocenters. The fourth-order valence-electron chi connectivity index (χ4n) is 4.54. The van der Waals surface area contributed by atoms with E-state index in [2.05, 4.69) is 17.6 Å². The van der Waals surface area contributed by atoms with E-state index in [4.69, 9.17) is 0 Å². The number of nitrogens with one attached hydrogen (secondary N) is 1. The van der Waals surface area contributed by atoms with Gasteiger partial charge in [0.15, 0.2) is 0 Å². The predicted octanol–water partition coefficient (Wildman–Crippen LogP) is 5.32. The average molecular weight is 428 g/mol. The zero-order chi connectivity index (χ0) is 22.3. The zero-order valence-corrected chi connectivity index (χ0v) is 18.4. The fourth-order valence-corrected chi connectivity index (χ4v) is 4.54. The monoisotopic (exact) mass is 427 g/mol. The highest BCUT2D eigenvalue weighted by Crippen LogP contribution is 2.36. The molecule has 3 aromatic carbocycles. The van der Waals surface area contributed by atoms with Gasteiger partial charge in [0.25, 0.3) is 0 Å². The maximum atomic E-state index is 13.2. The van der Waals surface area contributed by atoms with Gasteiger partial charge in [-0.05, 0) is 60.6 Å². The number of urea groups is 1. The maximum Gasteiger partial charge on any atom is 0.340 e. The quantitative estimate of drug-likeness (QED) is 0.410. The van der Waals surface area contributed by atoms with Crippen LogP contribution in [-0.4, -0.2) is 30.9 Å². The molecule has 0 heterocycles. The van der Waals surface area contributed by atoms with Crippen LogP contribution in [0.2, 0.25) is 0 Å². The molecule has 0 saturated heterocycles. The molecule has 4 rings (SSSR count). The largest absolute Gasteiger partial charge is 0.340 e. The van der Waals surface area contributed by atoms with Gasteiger partial charge in [0.05, 0.1) is 11.4 Å². The number of anilines is 2. The number of aldehydes is 1. The molecule has 32 heavy (non-hydrogen) atoms. The Hall–Kier alpha value is -3.44. The summed E-state index contributed by atoms with van der Waals surface area (Å²) in [5.41, 5.74) is 7.04. The number of aryl methyl sites for hydroxylation is 1. The fraction of sp³-hybridized carbons (Fsp3) is 0.259.